The van der Waals surface area contributed by atoms with Crippen LogP contribution in [-0.2, 0) is 26.1 Å². The number of likely N-dealkylation sites (N-methyl/N-ethyl adjacent to an activating group) is 1. The minimum absolute atomic E-state index is 0.0295. The summed E-state index contributed by atoms with van der Waals surface area (Å²) in [7, 11) is 2.09. The van der Waals surface area contributed by atoms with E-state index in [0.29, 0.717) is 23.7 Å². The summed E-state index contributed by atoms with van der Waals surface area (Å²) >= 11 is 0. The Morgan fingerprint density at radius 1 is 1.39 bits per heavy atom. The molecule has 1 fully saturated rings. The van der Waals surface area contributed by atoms with Gasteiger partial charge in [-0.25, -0.2) is 0 Å². The minimum Gasteiger partial charge on any atom is -0.504 e. The summed E-state index contributed by atoms with van der Waals surface area (Å²) in [6, 6.07) is 3.70. The second-order valence-electron chi connectivity index (χ2n) is 8.47. The molecule has 148 valence electrons. The third-order valence-corrected chi connectivity index (χ3v) is 6.93. The van der Waals surface area contributed by atoms with E-state index in [1.54, 1.807) is 13.0 Å². The molecule has 2 aliphatic carbocycles. The summed E-state index contributed by atoms with van der Waals surface area (Å²) in [4.78, 5) is 14.6. The maximum Gasteiger partial charge on any atom is 0.303 e. The Bertz CT molecular complexity index is 937. The number of allylic oxidation sites excluding steroid dienone is 1. The molecule has 1 aromatic carbocycles. The molecule has 4 atom stereocenters. The van der Waals surface area contributed by atoms with Crippen molar-refractivity contribution in [1.29, 1.82) is 0 Å². The molecule has 2 bridgehead atoms. The molecule has 28 heavy (non-hydrogen) atoms. The molecule has 2 aliphatic heterocycles. The van der Waals surface area contributed by atoms with Crippen LogP contribution in [0.4, 0.5) is 0 Å². The first-order valence-corrected chi connectivity index (χ1v) is 9.75. The van der Waals surface area contributed by atoms with Crippen molar-refractivity contribution >= 4 is 5.97 Å². The van der Waals surface area contributed by atoms with E-state index in [1.807, 2.05) is 12.1 Å². The Hall–Kier alpha value is -2.47. The Labute approximate surface area is 164 Å². The van der Waals surface area contributed by atoms with Crippen LogP contribution in [0.3, 0.4) is 0 Å². The van der Waals surface area contributed by atoms with Crippen molar-refractivity contribution in [2.45, 2.75) is 56.3 Å². The van der Waals surface area contributed by atoms with Crippen molar-refractivity contribution in [3.8, 4) is 11.5 Å². The zero-order valence-electron chi connectivity index (χ0n) is 16.4. The first kappa shape index (κ1) is 17.6. The van der Waals surface area contributed by atoms with Gasteiger partial charge < -0.3 is 19.3 Å². The highest BCUT2D eigenvalue weighted by Gasteiger charge is 2.74. The van der Waals surface area contributed by atoms with Crippen molar-refractivity contribution in [1.82, 2.24) is 4.90 Å². The molecule has 6 heteroatoms. The topological polar surface area (TPSA) is 68.2 Å². The number of ether oxygens (including phenoxy) is 3. The van der Waals surface area contributed by atoms with Crippen molar-refractivity contribution < 1.29 is 24.1 Å². The highest BCUT2D eigenvalue weighted by Crippen LogP contribution is 2.66. The molecule has 5 rings (SSSR count). The van der Waals surface area contributed by atoms with E-state index in [9.17, 15) is 9.90 Å². The zero-order valence-corrected chi connectivity index (χ0v) is 16.4. The van der Waals surface area contributed by atoms with Crippen LogP contribution in [0.5, 0.6) is 11.5 Å². The van der Waals surface area contributed by atoms with Gasteiger partial charge in [0.2, 0.25) is 0 Å². The summed E-state index contributed by atoms with van der Waals surface area (Å²) in [5.41, 5.74) is 0.784. The predicted octanol–water partition coefficient (Wildman–Crippen LogP) is 2.79. The first-order chi connectivity index (χ1) is 13.3. The third kappa shape index (κ3) is 1.94. The highest BCUT2D eigenvalue weighted by molar-refractivity contribution is 5.70. The van der Waals surface area contributed by atoms with Gasteiger partial charge in [0, 0.05) is 18.9 Å². The van der Waals surface area contributed by atoms with E-state index in [2.05, 4.69) is 18.5 Å². The fraction of sp³-hybridized carbons (Fsp3) is 0.500. The van der Waals surface area contributed by atoms with Crippen LogP contribution >= 0.6 is 0 Å². The molecular formula is C22H25NO5. The maximum atomic E-state index is 12.3. The largest absolute Gasteiger partial charge is 0.504 e. The van der Waals surface area contributed by atoms with Crippen molar-refractivity contribution in [2.24, 2.45) is 0 Å². The summed E-state index contributed by atoms with van der Waals surface area (Å²) in [6.07, 6.45) is 3.54. The number of carbonyl (C=O) groups excluding carboxylic acids is 1. The van der Waals surface area contributed by atoms with Gasteiger partial charge in [-0.2, -0.15) is 0 Å². The zero-order chi connectivity index (χ0) is 19.8. The molecular weight excluding hydrogens is 358 g/mol. The van der Waals surface area contributed by atoms with Gasteiger partial charge in [-0.3, -0.25) is 9.69 Å². The molecule has 2 heterocycles. The fourth-order valence-electron chi connectivity index (χ4n) is 6.06. The number of nitrogens with zero attached hydrogens (tertiary/aromatic N) is 1. The lowest BCUT2D eigenvalue weighted by molar-refractivity contribution is -0.203. The Balaban J connectivity index is 1.82. The summed E-state index contributed by atoms with van der Waals surface area (Å²) in [5, 5.41) is 10.6. The monoisotopic (exact) mass is 383 g/mol. The lowest BCUT2D eigenvalue weighted by atomic mass is 9.50. The van der Waals surface area contributed by atoms with Crippen LogP contribution in [0, 0.1) is 0 Å². The SMILES string of the molecule is C=C(C)OC1=CCC2(OC(C)=O)C3Cc4ccc(O)c5c4C2(CCN3C)C1O5. The van der Waals surface area contributed by atoms with Crippen molar-refractivity contribution in [3.05, 3.63) is 47.4 Å². The number of rotatable bonds is 3. The van der Waals surface area contributed by atoms with E-state index in [0.717, 1.165) is 30.5 Å². The molecule has 0 aromatic heterocycles. The predicted molar refractivity (Wildman–Crippen MR) is 102 cm³/mol. The van der Waals surface area contributed by atoms with Gasteiger partial charge >= 0.3 is 5.97 Å². The number of phenolic OH excluding ortho intramolecular Hbond substituents is 1. The van der Waals surface area contributed by atoms with Crippen LogP contribution < -0.4 is 4.74 Å². The minimum atomic E-state index is -0.759. The number of carbonyl (C=O) groups is 1. The summed E-state index contributed by atoms with van der Waals surface area (Å²) in [5.74, 6) is 1.58. The molecule has 4 unspecified atom stereocenters. The van der Waals surface area contributed by atoms with E-state index in [-0.39, 0.29) is 17.8 Å². The number of phenols is 1. The molecule has 6 nitrogen and oxygen atoms in total. The van der Waals surface area contributed by atoms with Gasteiger partial charge in [-0.1, -0.05) is 12.6 Å². The van der Waals surface area contributed by atoms with Gasteiger partial charge in [0.1, 0.15) is 11.4 Å². The van der Waals surface area contributed by atoms with Gasteiger partial charge in [0.25, 0.3) is 0 Å². The molecule has 1 spiro atoms. The number of hydrogen-bond acceptors (Lipinski definition) is 6. The second kappa shape index (κ2) is 5.54. The van der Waals surface area contributed by atoms with Crippen molar-refractivity contribution in [3.63, 3.8) is 0 Å². The number of esters is 1. The Morgan fingerprint density at radius 2 is 2.18 bits per heavy atom. The van der Waals surface area contributed by atoms with Gasteiger partial charge in [-0.15, -0.1) is 0 Å². The summed E-state index contributed by atoms with van der Waals surface area (Å²) in [6.45, 7) is 7.99. The van der Waals surface area contributed by atoms with E-state index >= 15 is 0 Å². The van der Waals surface area contributed by atoms with E-state index < -0.39 is 17.1 Å². The maximum absolute atomic E-state index is 12.3. The average molecular weight is 383 g/mol. The smallest absolute Gasteiger partial charge is 0.303 e. The van der Waals surface area contributed by atoms with Crippen LogP contribution in [0.15, 0.2) is 36.3 Å². The molecule has 1 N–H and O–H groups in total. The van der Waals surface area contributed by atoms with Crippen LogP contribution in [0.2, 0.25) is 0 Å². The van der Waals surface area contributed by atoms with Crippen LogP contribution in [-0.4, -0.2) is 47.3 Å². The second-order valence-corrected chi connectivity index (χ2v) is 8.47. The molecule has 0 amide bonds. The fourth-order valence-corrected chi connectivity index (χ4v) is 6.06. The molecule has 1 saturated heterocycles. The quantitative estimate of drug-likeness (QED) is 0.640. The Morgan fingerprint density at radius 3 is 2.89 bits per heavy atom. The standard InChI is InChI=1S/C22H25NO5/c1-12(2)26-16-7-8-22(28-13(3)24)17-11-14-5-6-15(25)19-18(14)21(22,20(16)27-19)9-10-23(17)4/h5-7,17,20,25H,1,8-11H2,2-4H3. The van der Waals surface area contributed by atoms with Gasteiger partial charge in [-0.05, 0) is 51.1 Å². The average Bonchev–Trinajstić information content (AvgIpc) is 2.97. The molecule has 4 aliphatic rings. The molecule has 0 saturated carbocycles. The molecule has 0 radical (unpaired) electrons. The number of hydrogen-bond donors (Lipinski definition) is 1. The number of likely N-dealkylation sites (tertiary alicyclic amines) is 1. The third-order valence-electron chi connectivity index (χ3n) is 6.93. The van der Waals surface area contributed by atoms with Gasteiger partial charge in [0.05, 0.1) is 17.2 Å². The number of aromatic hydroxyl groups is 1. The number of piperidine rings is 1. The van der Waals surface area contributed by atoms with Gasteiger partial charge in [0.15, 0.2) is 17.6 Å². The lowest BCUT2D eigenvalue weighted by Gasteiger charge is -2.62. The summed E-state index contributed by atoms with van der Waals surface area (Å²) < 4.78 is 18.5. The Kier molecular flexibility index (Phi) is 3.48. The first-order valence-electron chi connectivity index (χ1n) is 9.75. The highest BCUT2D eigenvalue weighted by atomic mass is 16.6. The van der Waals surface area contributed by atoms with Crippen LogP contribution in [0.25, 0.3) is 0 Å². The van der Waals surface area contributed by atoms with E-state index in [4.69, 9.17) is 14.2 Å². The van der Waals surface area contributed by atoms with E-state index in [1.165, 1.54) is 6.92 Å². The number of benzene rings is 1. The van der Waals surface area contributed by atoms with Crippen molar-refractivity contribution in [2.75, 3.05) is 13.6 Å². The lowest BCUT2D eigenvalue weighted by Crippen LogP contribution is -2.75. The molecule has 1 aromatic rings. The normalized spacial score (nSPS) is 34.8. The van der Waals surface area contributed by atoms with Crippen LogP contribution in [0.1, 0.15) is 37.8 Å².